The van der Waals surface area contributed by atoms with Crippen molar-refractivity contribution in [3.8, 4) is 0 Å². The van der Waals surface area contributed by atoms with Crippen molar-refractivity contribution < 1.29 is 4.39 Å². The van der Waals surface area contributed by atoms with Crippen LogP contribution in [0.1, 0.15) is 44.9 Å². The van der Waals surface area contributed by atoms with Crippen LogP contribution in [0.3, 0.4) is 0 Å². The van der Waals surface area contributed by atoms with Crippen molar-refractivity contribution in [1.29, 1.82) is 0 Å². The number of piperidine rings is 1. The number of alkyl halides is 1. The molecular formula is C12H20FN. The third-order valence-electron chi connectivity index (χ3n) is 3.38. The van der Waals surface area contributed by atoms with Crippen molar-refractivity contribution in [2.75, 3.05) is 6.54 Å². The maximum Gasteiger partial charge on any atom is 0.136 e. The highest BCUT2D eigenvalue weighted by Crippen LogP contribution is 2.26. The van der Waals surface area contributed by atoms with E-state index >= 15 is 0 Å². The van der Waals surface area contributed by atoms with Gasteiger partial charge < -0.3 is 5.32 Å². The normalized spacial score (nSPS) is 30.9. The number of hydrogen-bond acceptors (Lipinski definition) is 1. The minimum Gasteiger partial charge on any atom is -0.311 e. The number of rotatable bonds is 2. The maximum absolute atomic E-state index is 14.0. The molecule has 2 unspecified atom stereocenters. The molecule has 1 aliphatic heterocycles. The fourth-order valence-electron chi connectivity index (χ4n) is 2.50. The number of hydrogen-bond donors (Lipinski definition) is 1. The first-order chi connectivity index (χ1) is 6.88. The first kappa shape index (κ1) is 10.2. The van der Waals surface area contributed by atoms with Gasteiger partial charge in [-0.25, -0.2) is 4.39 Å². The minimum absolute atomic E-state index is 0.105. The zero-order valence-electron chi connectivity index (χ0n) is 8.77. The van der Waals surface area contributed by atoms with Gasteiger partial charge in [0.1, 0.15) is 6.17 Å². The van der Waals surface area contributed by atoms with Gasteiger partial charge in [-0.2, -0.15) is 0 Å². The van der Waals surface area contributed by atoms with Crippen molar-refractivity contribution in [1.82, 2.24) is 5.32 Å². The molecular weight excluding hydrogens is 177 g/mol. The van der Waals surface area contributed by atoms with E-state index in [1.165, 1.54) is 25.7 Å². The van der Waals surface area contributed by atoms with Crippen molar-refractivity contribution in [3.05, 3.63) is 11.6 Å². The summed E-state index contributed by atoms with van der Waals surface area (Å²) in [5, 5.41) is 3.30. The largest absolute Gasteiger partial charge is 0.311 e. The standard InChI is InChI=1S/C12H20FN/c13-12(10-6-2-1-3-7-10)11-8-4-5-9-14-11/h6,11-12,14H,1-5,7-9H2. The van der Waals surface area contributed by atoms with Crippen LogP contribution in [-0.2, 0) is 0 Å². The summed E-state index contributed by atoms with van der Waals surface area (Å²) in [6.07, 6.45) is 9.32. The minimum atomic E-state index is -0.712. The Morgan fingerprint density at radius 3 is 2.86 bits per heavy atom. The van der Waals surface area contributed by atoms with Gasteiger partial charge in [-0.15, -0.1) is 0 Å². The molecule has 0 amide bonds. The third kappa shape index (κ3) is 2.35. The summed E-state index contributed by atoms with van der Waals surface area (Å²) in [6, 6.07) is 0.105. The van der Waals surface area contributed by atoms with Gasteiger partial charge >= 0.3 is 0 Å². The lowest BCUT2D eigenvalue weighted by atomic mass is 9.89. The molecule has 0 bridgehead atoms. The van der Waals surface area contributed by atoms with E-state index in [0.717, 1.165) is 31.4 Å². The highest BCUT2D eigenvalue weighted by atomic mass is 19.1. The zero-order chi connectivity index (χ0) is 9.80. The van der Waals surface area contributed by atoms with E-state index in [9.17, 15) is 4.39 Å². The van der Waals surface area contributed by atoms with E-state index < -0.39 is 6.17 Å². The smallest absolute Gasteiger partial charge is 0.136 e. The third-order valence-corrected chi connectivity index (χ3v) is 3.38. The average Bonchev–Trinajstić information content (AvgIpc) is 2.30. The molecule has 1 aliphatic carbocycles. The molecule has 2 aliphatic rings. The van der Waals surface area contributed by atoms with Crippen LogP contribution in [0.5, 0.6) is 0 Å². The molecule has 1 N–H and O–H groups in total. The fourth-order valence-corrected chi connectivity index (χ4v) is 2.50. The molecule has 1 saturated heterocycles. The molecule has 80 valence electrons. The number of allylic oxidation sites excluding steroid dienone is 1. The van der Waals surface area contributed by atoms with Gasteiger partial charge in [-0.1, -0.05) is 12.5 Å². The molecule has 1 fully saturated rings. The Morgan fingerprint density at radius 2 is 2.21 bits per heavy atom. The highest BCUT2D eigenvalue weighted by molar-refractivity contribution is 5.13. The van der Waals surface area contributed by atoms with Crippen molar-refractivity contribution in [2.24, 2.45) is 0 Å². The van der Waals surface area contributed by atoms with Gasteiger partial charge in [0, 0.05) is 6.04 Å². The van der Waals surface area contributed by atoms with Crippen LogP contribution in [0.4, 0.5) is 4.39 Å². The van der Waals surface area contributed by atoms with Gasteiger partial charge in [0.25, 0.3) is 0 Å². The van der Waals surface area contributed by atoms with Crippen LogP contribution in [0, 0.1) is 0 Å². The lowest BCUT2D eigenvalue weighted by Gasteiger charge is -2.29. The second-order valence-corrected chi connectivity index (χ2v) is 4.48. The summed E-state index contributed by atoms with van der Waals surface area (Å²) >= 11 is 0. The Balaban J connectivity index is 1.91. The van der Waals surface area contributed by atoms with Crippen LogP contribution in [0.2, 0.25) is 0 Å². The van der Waals surface area contributed by atoms with Crippen molar-refractivity contribution in [3.63, 3.8) is 0 Å². The zero-order valence-corrected chi connectivity index (χ0v) is 8.77. The Kier molecular flexibility index (Phi) is 3.57. The monoisotopic (exact) mass is 197 g/mol. The predicted octanol–water partition coefficient (Wildman–Crippen LogP) is 2.97. The Morgan fingerprint density at radius 1 is 1.29 bits per heavy atom. The van der Waals surface area contributed by atoms with Crippen molar-refractivity contribution in [2.45, 2.75) is 57.2 Å². The van der Waals surface area contributed by atoms with Gasteiger partial charge in [0.05, 0.1) is 0 Å². The quantitative estimate of drug-likeness (QED) is 0.671. The maximum atomic E-state index is 14.0. The van der Waals surface area contributed by atoms with Crippen LogP contribution in [0.15, 0.2) is 11.6 Å². The lowest BCUT2D eigenvalue weighted by molar-refractivity contribution is 0.242. The first-order valence-electron chi connectivity index (χ1n) is 5.94. The molecule has 2 rings (SSSR count). The van der Waals surface area contributed by atoms with Crippen LogP contribution < -0.4 is 5.32 Å². The summed E-state index contributed by atoms with van der Waals surface area (Å²) in [7, 11) is 0. The van der Waals surface area contributed by atoms with Gasteiger partial charge in [0.15, 0.2) is 0 Å². The van der Waals surface area contributed by atoms with Crippen LogP contribution >= 0.6 is 0 Å². The van der Waals surface area contributed by atoms with Gasteiger partial charge in [-0.3, -0.25) is 0 Å². The lowest BCUT2D eigenvalue weighted by Crippen LogP contribution is -2.42. The second-order valence-electron chi connectivity index (χ2n) is 4.48. The first-order valence-corrected chi connectivity index (χ1v) is 5.94. The van der Waals surface area contributed by atoms with Crippen molar-refractivity contribution >= 4 is 0 Å². The molecule has 0 radical (unpaired) electrons. The molecule has 0 aromatic heterocycles. The van der Waals surface area contributed by atoms with E-state index in [1.54, 1.807) is 0 Å². The highest BCUT2D eigenvalue weighted by Gasteiger charge is 2.26. The summed E-state index contributed by atoms with van der Waals surface area (Å²) in [6.45, 7) is 0.998. The molecule has 0 aromatic carbocycles. The number of halogens is 1. The van der Waals surface area contributed by atoms with E-state index in [-0.39, 0.29) is 6.04 Å². The van der Waals surface area contributed by atoms with E-state index in [2.05, 4.69) is 11.4 Å². The fraction of sp³-hybridized carbons (Fsp3) is 0.833. The topological polar surface area (TPSA) is 12.0 Å². The molecule has 0 aromatic rings. The second kappa shape index (κ2) is 4.92. The summed E-state index contributed by atoms with van der Waals surface area (Å²) in [4.78, 5) is 0. The predicted molar refractivity (Wildman–Crippen MR) is 57.1 cm³/mol. The van der Waals surface area contributed by atoms with Gasteiger partial charge in [0.2, 0.25) is 0 Å². The molecule has 2 atom stereocenters. The van der Waals surface area contributed by atoms with E-state index in [1.807, 2.05) is 0 Å². The van der Waals surface area contributed by atoms with Crippen LogP contribution in [-0.4, -0.2) is 18.8 Å². The molecule has 1 heterocycles. The Bertz CT molecular complexity index is 206. The molecule has 1 nitrogen and oxygen atoms in total. The Labute approximate surface area is 85.8 Å². The summed E-state index contributed by atoms with van der Waals surface area (Å²) in [5.41, 5.74) is 1.07. The summed E-state index contributed by atoms with van der Waals surface area (Å²) in [5.74, 6) is 0. The SMILES string of the molecule is FC(C1=CCCCC1)C1CCCCN1. The Hall–Kier alpha value is -0.370. The molecule has 0 spiro atoms. The van der Waals surface area contributed by atoms with Gasteiger partial charge in [-0.05, 0) is 50.6 Å². The van der Waals surface area contributed by atoms with E-state index in [4.69, 9.17) is 0 Å². The summed E-state index contributed by atoms with van der Waals surface area (Å²) < 4.78 is 14.0. The molecule has 0 saturated carbocycles. The van der Waals surface area contributed by atoms with Crippen LogP contribution in [0.25, 0.3) is 0 Å². The number of nitrogens with one attached hydrogen (secondary N) is 1. The average molecular weight is 197 g/mol. The van der Waals surface area contributed by atoms with E-state index in [0.29, 0.717) is 0 Å². The molecule has 14 heavy (non-hydrogen) atoms. The molecule has 2 heteroatoms.